The van der Waals surface area contributed by atoms with Crippen molar-refractivity contribution in [2.24, 2.45) is 5.92 Å². The number of carbonyl (C=O) groups excluding carboxylic acids is 1. The van der Waals surface area contributed by atoms with Crippen molar-refractivity contribution < 1.29 is 9.53 Å². The van der Waals surface area contributed by atoms with Crippen molar-refractivity contribution in [3.8, 4) is 5.75 Å². The van der Waals surface area contributed by atoms with Gasteiger partial charge >= 0.3 is 0 Å². The molecule has 2 aromatic rings. The van der Waals surface area contributed by atoms with Crippen LogP contribution < -0.4 is 15.0 Å². The SMILES string of the molecule is COc1cccc2sc(N3CC(C(=O)NC4CCCCC4)C3)nc12. The third kappa shape index (κ3) is 2.95. The third-order valence-electron chi connectivity index (χ3n) is 5.07. The van der Waals surface area contributed by atoms with E-state index < -0.39 is 0 Å². The Bertz CT molecular complexity index is 733. The molecule has 6 heteroatoms. The smallest absolute Gasteiger partial charge is 0.226 e. The lowest BCUT2D eigenvalue weighted by Crippen LogP contribution is -2.55. The van der Waals surface area contributed by atoms with Gasteiger partial charge < -0.3 is 15.0 Å². The minimum atomic E-state index is 0.0980. The van der Waals surface area contributed by atoms with Crippen molar-refractivity contribution in [3.05, 3.63) is 18.2 Å². The number of aromatic nitrogens is 1. The summed E-state index contributed by atoms with van der Waals surface area (Å²) < 4.78 is 6.50. The normalized spacial score (nSPS) is 19.3. The Balaban J connectivity index is 1.37. The Kier molecular flexibility index (Phi) is 4.31. The average molecular weight is 345 g/mol. The highest BCUT2D eigenvalue weighted by Gasteiger charge is 2.35. The van der Waals surface area contributed by atoms with E-state index in [1.165, 1.54) is 19.3 Å². The molecule has 1 aliphatic heterocycles. The molecule has 5 nitrogen and oxygen atoms in total. The van der Waals surface area contributed by atoms with E-state index in [0.717, 1.165) is 47.0 Å². The molecular weight excluding hydrogens is 322 g/mol. The van der Waals surface area contributed by atoms with Crippen LogP contribution in [-0.2, 0) is 4.79 Å². The van der Waals surface area contributed by atoms with Crippen LogP contribution in [0, 0.1) is 5.92 Å². The highest BCUT2D eigenvalue weighted by molar-refractivity contribution is 7.22. The fraction of sp³-hybridized carbons (Fsp3) is 0.556. The van der Waals surface area contributed by atoms with Gasteiger partial charge in [0.25, 0.3) is 0 Å². The number of rotatable bonds is 4. The summed E-state index contributed by atoms with van der Waals surface area (Å²) in [6, 6.07) is 6.38. The fourth-order valence-corrected chi connectivity index (χ4v) is 4.58. The second-order valence-corrected chi connectivity index (χ2v) is 7.76. The minimum absolute atomic E-state index is 0.0980. The summed E-state index contributed by atoms with van der Waals surface area (Å²) in [5.41, 5.74) is 0.912. The molecule has 24 heavy (non-hydrogen) atoms. The summed E-state index contributed by atoms with van der Waals surface area (Å²) in [6.45, 7) is 1.53. The zero-order valence-electron chi connectivity index (χ0n) is 14.0. The van der Waals surface area contributed by atoms with Crippen molar-refractivity contribution in [2.45, 2.75) is 38.1 Å². The van der Waals surface area contributed by atoms with Crippen molar-refractivity contribution in [3.63, 3.8) is 0 Å². The molecule has 2 aliphatic rings. The third-order valence-corrected chi connectivity index (χ3v) is 6.15. The minimum Gasteiger partial charge on any atom is -0.494 e. The number of para-hydroxylation sites is 1. The van der Waals surface area contributed by atoms with E-state index >= 15 is 0 Å². The number of amides is 1. The molecule has 0 spiro atoms. The first-order valence-electron chi connectivity index (χ1n) is 8.73. The number of ether oxygens (including phenoxy) is 1. The number of hydrogen-bond donors (Lipinski definition) is 1. The Morgan fingerprint density at radius 2 is 2.08 bits per heavy atom. The van der Waals surface area contributed by atoms with Gasteiger partial charge in [-0.2, -0.15) is 0 Å². The maximum atomic E-state index is 12.4. The molecule has 1 amide bonds. The van der Waals surface area contributed by atoms with Gasteiger partial charge in [-0.25, -0.2) is 4.98 Å². The molecule has 1 aliphatic carbocycles. The molecule has 1 saturated carbocycles. The highest BCUT2D eigenvalue weighted by atomic mass is 32.1. The van der Waals surface area contributed by atoms with Crippen LogP contribution in [0.2, 0.25) is 0 Å². The molecule has 2 heterocycles. The maximum Gasteiger partial charge on any atom is 0.226 e. The molecule has 0 unspecified atom stereocenters. The van der Waals surface area contributed by atoms with Crippen LogP contribution in [-0.4, -0.2) is 37.1 Å². The van der Waals surface area contributed by atoms with Gasteiger partial charge in [-0.15, -0.1) is 0 Å². The predicted octanol–water partition coefficient (Wildman–Crippen LogP) is 3.19. The van der Waals surface area contributed by atoms with Gasteiger partial charge in [0.1, 0.15) is 11.3 Å². The molecule has 0 radical (unpaired) electrons. The number of benzene rings is 1. The first-order valence-corrected chi connectivity index (χ1v) is 9.55. The number of thiazole rings is 1. The van der Waals surface area contributed by atoms with E-state index in [1.54, 1.807) is 18.4 Å². The molecule has 4 rings (SSSR count). The molecule has 0 bridgehead atoms. The quantitative estimate of drug-likeness (QED) is 0.925. The monoisotopic (exact) mass is 345 g/mol. The summed E-state index contributed by atoms with van der Waals surface area (Å²) in [5.74, 6) is 1.12. The first-order chi connectivity index (χ1) is 11.7. The van der Waals surface area contributed by atoms with E-state index in [9.17, 15) is 4.79 Å². The van der Waals surface area contributed by atoms with Gasteiger partial charge in [0, 0.05) is 19.1 Å². The van der Waals surface area contributed by atoms with E-state index in [4.69, 9.17) is 9.72 Å². The zero-order chi connectivity index (χ0) is 16.5. The van der Waals surface area contributed by atoms with Gasteiger partial charge in [0.15, 0.2) is 5.13 Å². The number of anilines is 1. The highest BCUT2D eigenvalue weighted by Crippen LogP contribution is 2.36. The number of nitrogens with one attached hydrogen (secondary N) is 1. The molecule has 1 saturated heterocycles. The van der Waals surface area contributed by atoms with Crippen LogP contribution in [0.4, 0.5) is 5.13 Å². The summed E-state index contributed by atoms with van der Waals surface area (Å²) in [4.78, 5) is 19.3. The fourth-order valence-electron chi connectivity index (χ4n) is 3.58. The number of fused-ring (bicyclic) bond motifs is 1. The van der Waals surface area contributed by atoms with Crippen molar-refractivity contribution in [1.82, 2.24) is 10.3 Å². The van der Waals surface area contributed by atoms with Crippen LogP contribution >= 0.6 is 11.3 Å². The zero-order valence-corrected chi connectivity index (χ0v) is 14.8. The molecule has 0 atom stereocenters. The Morgan fingerprint density at radius 3 is 2.83 bits per heavy atom. The summed E-state index contributed by atoms with van der Waals surface area (Å²) >= 11 is 1.66. The largest absolute Gasteiger partial charge is 0.494 e. The van der Waals surface area contributed by atoms with Gasteiger partial charge in [-0.05, 0) is 25.0 Å². The molecule has 1 aromatic carbocycles. The number of carbonyl (C=O) groups is 1. The number of methoxy groups -OCH3 is 1. The second-order valence-electron chi connectivity index (χ2n) is 6.75. The summed E-state index contributed by atoms with van der Waals surface area (Å²) in [5, 5.41) is 4.22. The van der Waals surface area contributed by atoms with Gasteiger partial charge in [0.2, 0.25) is 5.91 Å². The average Bonchev–Trinajstić information content (AvgIpc) is 2.97. The van der Waals surface area contributed by atoms with E-state index in [1.807, 2.05) is 12.1 Å². The van der Waals surface area contributed by atoms with Crippen LogP contribution in [0.1, 0.15) is 32.1 Å². The van der Waals surface area contributed by atoms with Crippen LogP contribution in [0.3, 0.4) is 0 Å². The van der Waals surface area contributed by atoms with Gasteiger partial charge in [0.05, 0.1) is 17.7 Å². The Hall–Kier alpha value is -1.82. The topological polar surface area (TPSA) is 54.5 Å². The van der Waals surface area contributed by atoms with E-state index in [2.05, 4.69) is 16.3 Å². The maximum absolute atomic E-state index is 12.4. The van der Waals surface area contributed by atoms with Gasteiger partial charge in [-0.1, -0.05) is 36.7 Å². The molecule has 1 aromatic heterocycles. The first kappa shape index (κ1) is 15.7. The summed E-state index contributed by atoms with van der Waals surface area (Å²) in [7, 11) is 1.67. The summed E-state index contributed by atoms with van der Waals surface area (Å²) in [6.07, 6.45) is 6.08. The van der Waals surface area contributed by atoms with E-state index in [-0.39, 0.29) is 11.8 Å². The lowest BCUT2D eigenvalue weighted by molar-refractivity contribution is -0.126. The standard InChI is InChI=1S/C18H23N3O2S/c1-23-14-8-5-9-15-16(14)20-18(24-15)21-10-12(11-21)17(22)19-13-6-3-2-4-7-13/h5,8-9,12-13H,2-4,6-7,10-11H2,1H3,(H,19,22). The van der Waals surface area contributed by atoms with Crippen molar-refractivity contribution >= 4 is 32.6 Å². The lowest BCUT2D eigenvalue weighted by Gasteiger charge is -2.39. The van der Waals surface area contributed by atoms with Gasteiger partial charge in [-0.3, -0.25) is 4.79 Å². The van der Waals surface area contributed by atoms with Crippen LogP contribution in [0.15, 0.2) is 18.2 Å². The van der Waals surface area contributed by atoms with Crippen molar-refractivity contribution in [2.75, 3.05) is 25.1 Å². The van der Waals surface area contributed by atoms with E-state index in [0.29, 0.717) is 6.04 Å². The predicted molar refractivity (Wildman–Crippen MR) is 96.9 cm³/mol. The molecule has 1 N–H and O–H groups in total. The Labute approximate surface area is 146 Å². The Morgan fingerprint density at radius 1 is 1.29 bits per heavy atom. The second kappa shape index (κ2) is 6.59. The molecular formula is C18H23N3O2S. The number of nitrogens with zero attached hydrogens (tertiary/aromatic N) is 2. The van der Waals surface area contributed by atoms with Crippen LogP contribution in [0.5, 0.6) is 5.75 Å². The number of hydrogen-bond acceptors (Lipinski definition) is 5. The molecule has 2 fully saturated rings. The van der Waals surface area contributed by atoms with Crippen molar-refractivity contribution in [1.29, 1.82) is 0 Å². The lowest BCUT2D eigenvalue weighted by atomic mass is 9.93. The molecule has 128 valence electrons. The van der Waals surface area contributed by atoms with Crippen LogP contribution in [0.25, 0.3) is 10.2 Å².